The lowest BCUT2D eigenvalue weighted by molar-refractivity contribution is -0.384. The average molecular weight is 479 g/mol. The third kappa shape index (κ3) is 6.42. The van der Waals surface area contributed by atoms with Gasteiger partial charge in [-0.15, -0.1) is 0 Å². The van der Waals surface area contributed by atoms with Crippen LogP contribution in [0.4, 0.5) is 11.4 Å². The van der Waals surface area contributed by atoms with E-state index in [0.29, 0.717) is 0 Å². The van der Waals surface area contributed by atoms with Crippen molar-refractivity contribution in [2.24, 2.45) is 0 Å². The summed E-state index contributed by atoms with van der Waals surface area (Å²) in [6.45, 7) is 0.890. The monoisotopic (exact) mass is 478 g/mol. The van der Waals surface area contributed by atoms with Crippen LogP contribution in [0, 0.1) is 10.1 Å². The molecule has 0 saturated heterocycles. The summed E-state index contributed by atoms with van der Waals surface area (Å²) < 4.78 is 31.1. The van der Waals surface area contributed by atoms with Crippen molar-refractivity contribution in [2.45, 2.75) is 19.5 Å². The largest absolute Gasteiger partial charge is 0.495 e. The molecule has 0 fully saturated rings. The first-order valence-electron chi connectivity index (χ1n) is 9.84. The Morgan fingerprint density at radius 3 is 2.33 bits per heavy atom. The van der Waals surface area contributed by atoms with Gasteiger partial charge in [-0.05, 0) is 18.6 Å². The number of rotatable bonds is 10. The number of methoxy groups -OCH3 is 1. The minimum absolute atomic E-state index is 0.0350. The highest BCUT2D eigenvalue weighted by Crippen LogP contribution is 2.33. The molecular weight excluding hydrogens is 452 g/mol. The summed E-state index contributed by atoms with van der Waals surface area (Å²) in [4.78, 5) is 37.4. The maximum atomic E-state index is 13.3. The van der Waals surface area contributed by atoms with E-state index >= 15 is 0 Å². The summed E-state index contributed by atoms with van der Waals surface area (Å²) >= 11 is 0. The fourth-order valence-electron chi connectivity index (χ4n) is 3.15. The smallest absolute Gasteiger partial charge is 0.271 e. The van der Waals surface area contributed by atoms with E-state index in [1.165, 1.54) is 38.1 Å². The van der Waals surface area contributed by atoms with Crippen molar-refractivity contribution in [3.05, 3.63) is 64.2 Å². The minimum Gasteiger partial charge on any atom is -0.495 e. The topological polar surface area (TPSA) is 139 Å². The van der Waals surface area contributed by atoms with Crippen LogP contribution in [0.25, 0.3) is 0 Å². The molecule has 2 rings (SSSR count). The van der Waals surface area contributed by atoms with Crippen LogP contribution in [0.1, 0.15) is 12.5 Å². The molecule has 33 heavy (non-hydrogen) atoms. The molecule has 0 spiro atoms. The Balaban J connectivity index is 2.50. The highest BCUT2D eigenvalue weighted by molar-refractivity contribution is 7.92. The van der Waals surface area contributed by atoms with Crippen molar-refractivity contribution < 1.29 is 27.7 Å². The molecule has 0 unspecified atom stereocenters. The first-order valence-corrected chi connectivity index (χ1v) is 11.7. The third-order valence-corrected chi connectivity index (χ3v) is 6.06. The summed E-state index contributed by atoms with van der Waals surface area (Å²) in [5.41, 5.74) is 0.210. The normalized spacial score (nSPS) is 11.9. The van der Waals surface area contributed by atoms with Gasteiger partial charge in [-0.1, -0.05) is 30.3 Å². The Kier molecular flexibility index (Phi) is 8.35. The zero-order valence-electron chi connectivity index (χ0n) is 18.7. The van der Waals surface area contributed by atoms with Crippen LogP contribution in [0.2, 0.25) is 0 Å². The number of nitro benzene ring substituents is 1. The summed E-state index contributed by atoms with van der Waals surface area (Å²) in [5, 5.41) is 13.7. The van der Waals surface area contributed by atoms with Gasteiger partial charge in [0, 0.05) is 25.7 Å². The van der Waals surface area contributed by atoms with Crippen LogP contribution in [-0.2, 0) is 26.2 Å². The summed E-state index contributed by atoms with van der Waals surface area (Å²) in [6, 6.07) is 11.4. The molecule has 1 N–H and O–H groups in total. The molecule has 0 aromatic heterocycles. The first-order chi connectivity index (χ1) is 15.5. The SMILES string of the molecule is CNC(=O)[C@@H](C)N(Cc1ccccc1)C(=O)CN(c1cc([N+](=O)[O-])ccc1OC)S(C)(=O)=O. The maximum absolute atomic E-state index is 13.3. The van der Waals surface area contributed by atoms with E-state index < -0.39 is 39.3 Å². The van der Waals surface area contributed by atoms with Crippen LogP contribution in [-0.4, -0.2) is 63.1 Å². The lowest BCUT2D eigenvalue weighted by atomic mass is 10.1. The number of ether oxygens (including phenoxy) is 1. The van der Waals surface area contributed by atoms with Crippen molar-refractivity contribution in [3.8, 4) is 5.75 Å². The molecule has 0 aliphatic rings. The zero-order chi connectivity index (χ0) is 24.8. The highest BCUT2D eigenvalue weighted by atomic mass is 32.2. The summed E-state index contributed by atoms with van der Waals surface area (Å²) in [7, 11) is -1.35. The Morgan fingerprint density at radius 2 is 1.82 bits per heavy atom. The van der Waals surface area contributed by atoms with Crippen LogP contribution in [0.15, 0.2) is 48.5 Å². The maximum Gasteiger partial charge on any atom is 0.271 e. The Labute approximate surface area is 192 Å². The summed E-state index contributed by atoms with van der Waals surface area (Å²) in [5.74, 6) is -1.07. The number of benzene rings is 2. The van der Waals surface area contributed by atoms with Crippen molar-refractivity contribution >= 4 is 33.2 Å². The average Bonchev–Trinajstić information content (AvgIpc) is 2.79. The van der Waals surface area contributed by atoms with Crippen molar-refractivity contribution in [1.29, 1.82) is 0 Å². The number of carbonyl (C=O) groups is 2. The van der Waals surface area contributed by atoms with Gasteiger partial charge >= 0.3 is 0 Å². The number of nitrogens with one attached hydrogen (secondary N) is 1. The molecule has 1 atom stereocenters. The number of hydrogen-bond acceptors (Lipinski definition) is 7. The standard InChI is InChI=1S/C21H26N4O7S/c1-15(21(27)22-2)23(13-16-8-6-5-7-9-16)20(26)14-24(33(4,30)31)18-12-17(25(28)29)10-11-19(18)32-3/h5-12,15H,13-14H2,1-4H3,(H,22,27)/t15-/m1/s1. The van der Waals surface area contributed by atoms with Crippen molar-refractivity contribution in [1.82, 2.24) is 10.2 Å². The number of likely N-dealkylation sites (N-methyl/N-ethyl adjacent to an activating group) is 1. The second kappa shape index (κ2) is 10.8. The van der Waals surface area contributed by atoms with E-state index in [0.717, 1.165) is 22.2 Å². The van der Waals surface area contributed by atoms with Gasteiger partial charge in [-0.25, -0.2) is 8.42 Å². The number of anilines is 1. The lowest BCUT2D eigenvalue weighted by Crippen LogP contribution is -2.50. The van der Waals surface area contributed by atoms with Gasteiger partial charge in [0.1, 0.15) is 24.0 Å². The second-order valence-corrected chi connectivity index (χ2v) is 9.09. The quantitative estimate of drug-likeness (QED) is 0.403. The van der Waals surface area contributed by atoms with Gasteiger partial charge in [-0.2, -0.15) is 0 Å². The van der Waals surface area contributed by atoms with Crippen molar-refractivity contribution in [2.75, 3.05) is 31.3 Å². The highest BCUT2D eigenvalue weighted by Gasteiger charge is 2.31. The molecule has 0 radical (unpaired) electrons. The van der Waals surface area contributed by atoms with Crippen LogP contribution >= 0.6 is 0 Å². The number of non-ortho nitro benzene ring substituents is 1. The molecule has 0 heterocycles. The van der Waals surface area contributed by atoms with Gasteiger partial charge in [0.25, 0.3) is 5.69 Å². The van der Waals surface area contributed by atoms with Crippen molar-refractivity contribution in [3.63, 3.8) is 0 Å². The van der Waals surface area contributed by atoms with Gasteiger partial charge in [0.2, 0.25) is 21.8 Å². The molecule has 0 saturated carbocycles. The fourth-order valence-corrected chi connectivity index (χ4v) is 4.00. The van der Waals surface area contributed by atoms with Gasteiger partial charge in [0.05, 0.1) is 18.3 Å². The van der Waals surface area contributed by atoms with E-state index in [9.17, 15) is 28.1 Å². The minimum atomic E-state index is -4.06. The lowest BCUT2D eigenvalue weighted by Gasteiger charge is -2.31. The number of hydrogen-bond donors (Lipinski definition) is 1. The molecule has 12 heteroatoms. The van der Waals surface area contributed by atoms with Crippen LogP contribution in [0.3, 0.4) is 0 Å². The Morgan fingerprint density at radius 1 is 1.18 bits per heavy atom. The second-order valence-electron chi connectivity index (χ2n) is 7.18. The third-order valence-electron chi connectivity index (χ3n) is 4.93. The molecular formula is C21H26N4O7S. The number of sulfonamides is 1. The molecule has 2 amide bonds. The van der Waals surface area contributed by atoms with E-state index in [-0.39, 0.29) is 23.7 Å². The molecule has 2 aromatic carbocycles. The predicted octanol–water partition coefficient (Wildman–Crippen LogP) is 1.53. The number of amides is 2. The van der Waals surface area contributed by atoms with Crippen LogP contribution in [0.5, 0.6) is 5.75 Å². The Bertz CT molecular complexity index is 1120. The fraction of sp³-hybridized carbons (Fsp3) is 0.333. The van der Waals surface area contributed by atoms with Gasteiger partial charge in [-0.3, -0.25) is 24.0 Å². The predicted molar refractivity (Wildman–Crippen MR) is 122 cm³/mol. The van der Waals surface area contributed by atoms with E-state index in [2.05, 4.69) is 5.32 Å². The summed E-state index contributed by atoms with van der Waals surface area (Å²) in [6.07, 6.45) is 0.877. The Hall–Kier alpha value is -3.67. The number of carbonyl (C=O) groups excluding carboxylic acids is 2. The molecule has 0 aliphatic heterocycles. The van der Waals surface area contributed by atoms with Gasteiger partial charge < -0.3 is 15.0 Å². The van der Waals surface area contributed by atoms with E-state index in [1.54, 1.807) is 30.3 Å². The van der Waals surface area contributed by atoms with Crippen LogP contribution < -0.4 is 14.4 Å². The molecule has 2 aromatic rings. The number of nitro groups is 1. The zero-order valence-corrected chi connectivity index (χ0v) is 19.5. The number of nitrogens with zero attached hydrogens (tertiary/aromatic N) is 3. The van der Waals surface area contributed by atoms with E-state index in [1.807, 2.05) is 0 Å². The molecule has 11 nitrogen and oxygen atoms in total. The van der Waals surface area contributed by atoms with Gasteiger partial charge in [0.15, 0.2) is 0 Å². The molecule has 178 valence electrons. The molecule has 0 aliphatic carbocycles. The van der Waals surface area contributed by atoms with E-state index in [4.69, 9.17) is 4.74 Å². The molecule has 0 bridgehead atoms. The first kappa shape index (κ1) is 25.6.